The lowest BCUT2D eigenvalue weighted by molar-refractivity contribution is 0.372. The summed E-state index contributed by atoms with van der Waals surface area (Å²) in [6.07, 6.45) is 5.00. The highest BCUT2D eigenvalue weighted by atomic mass is 19.1. The highest BCUT2D eigenvalue weighted by Crippen LogP contribution is 2.35. The van der Waals surface area contributed by atoms with Crippen molar-refractivity contribution < 1.29 is 8.91 Å². The Morgan fingerprint density at radius 2 is 2.06 bits per heavy atom. The average molecular weight is 248 g/mol. The number of rotatable bonds is 2. The van der Waals surface area contributed by atoms with Crippen LogP contribution in [0.2, 0.25) is 0 Å². The smallest absolute Gasteiger partial charge is 0.276 e. The molecule has 3 rings (SSSR count). The molecule has 1 aliphatic rings. The van der Waals surface area contributed by atoms with Crippen molar-refractivity contribution in [2.24, 2.45) is 5.73 Å². The molecule has 0 atom stereocenters. The Morgan fingerprint density at radius 3 is 2.72 bits per heavy atom. The van der Waals surface area contributed by atoms with Crippen molar-refractivity contribution in [3.05, 3.63) is 30.0 Å². The van der Waals surface area contributed by atoms with Crippen LogP contribution < -0.4 is 5.73 Å². The first-order chi connectivity index (χ1) is 8.67. The van der Waals surface area contributed by atoms with Gasteiger partial charge in [0.25, 0.3) is 5.89 Å². The average Bonchev–Trinajstić information content (AvgIpc) is 2.99. The predicted molar refractivity (Wildman–Crippen MR) is 61.8 cm³/mol. The largest absolute Gasteiger partial charge is 0.332 e. The van der Waals surface area contributed by atoms with Gasteiger partial charge in [0, 0.05) is 0 Å². The molecule has 5 nitrogen and oxygen atoms in total. The molecular weight excluding hydrogens is 235 g/mol. The Bertz CT molecular complexity index is 545. The van der Waals surface area contributed by atoms with Gasteiger partial charge in [-0.3, -0.25) is 0 Å². The van der Waals surface area contributed by atoms with E-state index in [1.807, 2.05) is 0 Å². The Kier molecular flexibility index (Phi) is 2.59. The van der Waals surface area contributed by atoms with Gasteiger partial charge in [0.05, 0.1) is 11.7 Å². The Morgan fingerprint density at radius 1 is 1.28 bits per heavy atom. The predicted octanol–water partition coefficient (Wildman–Crippen LogP) is 2.00. The van der Waals surface area contributed by atoms with Crippen LogP contribution in [0.25, 0.3) is 11.6 Å². The molecule has 1 saturated carbocycles. The highest BCUT2D eigenvalue weighted by Gasteiger charge is 2.36. The molecule has 2 aromatic rings. The van der Waals surface area contributed by atoms with Gasteiger partial charge in [0.2, 0.25) is 0 Å². The molecule has 2 N–H and O–H groups in total. The normalized spacial score (nSPS) is 18.1. The second-order valence-corrected chi connectivity index (χ2v) is 4.65. The zero-order valence-corrected chi connectivity index (χ0v) is 9.77. The molecule has 0 bridgehead atoms. The van der Waals surface area contributed by atoms with Crippen molar-refractivity contribution in [1.29, 1.82) is 0 Å². The topological polar surface area (TPSA) is 77.8 Å². The van der Waals surface area contributed by atoms with Crippen LogP contribution in [0.1, 0.15) is 31.5 Å². The van der Waals surface area contributed by atoms with Crippen molar-refractivity contribution in [3.63, 3.8) is 0 Å². The van der Waals surface area contributed by atoms with Gasteiger partial charge in [0.15, 0.2) is 5.82 Å². The molecule has 0 unspecified atom stereocenters. The van der Waals surface area contributed by atoms with Crippen LogP contribution in [0.3, 0.4) is 0 Å². The molecule has 0 aliphatic heterocycles. The summed E-state index contributed by atoms with van der Waals surface area (Å²) in [6.45, 7) is 0. The van der Waals surface area contributed by atoms with E-state index in [2.05, 4.69) is 15.1 Å². The number of hydrogen-bond donors (Lipinski definition) is 1. The maximum Gasteiger partial charge on any atom is 0.276 e. The molecule has 1 fully saturated rings. The van der Waals surface area contributed by atoms with E-state index in [1.165, 1.54) is 12.1 Å². The van der Waals surface area contributed by atoms with Crippen LogP contribution in [0.15, 0.2) is 22.9 Å². The second-order valence-electron chi connectivity index (χ2n) is 4.65. The quantitative estimate of drug-likeness (QED) is 0.879. The summed E-state index contributed by atoms with van der Waals surface area (Å²) in [7, 11) is 0. The van der Waals surface area contributed by atoms with Crippen LogP contribution in [-0.4, -0.2) is 15.1 Å². The summed E-state index contributed by atoms with van der Waals surface area (Å²) < 4.78 is 17.9. The number of aromatic nitrogens is 3. The summed E-state index contributed by atoms with van der Waals surface area (Å²) in [5.74, 6) is 0.396. The highest BCUT2D eigenvalue weighted by molar-refractivity contribution is 5.45. The van der Waals surface area contributed by atoms with E-state index in [1.54, 1.807) is 0 Å². The van der Waals surface area contributed by atoms with Crippen molar-refractivity contribution in [2.45, 2.75) is 31.2 Å². The first-order valence-electron chi connectivity index (χ1n) is 5.92. The van der Waals surface area contributed by atoms with Gasteiger partial charge >= 0.3 is 0 Å². The van der Waals surface area contributed by atoms with Gasteiger partial charge in [-0.25, -0.2) is 9.37 Å². The van der Waals surface area contributed by atoms with Gasteiger partial charge in [-0.2, -0.15) is 4.98 Å². The fraction of sp³-hybridized carbons (Fsp3) is 0.417. The van der Waals surface area contributed by atoms with Crippen LogP contribution in [0.4, 0.5) is 4.39 Å². The van der Waals surface area contributed by atoms with Crippen LogP contribution in [0, 0.1) is 5.82 Å². The number of nitrogens with two attached hydrogens (primary N) is 1. The summed E-state index contributed by atoms with van der Waals surface area (Å²) in [6, 6.07) is 2.81. The van der Waals surface area contributed by atoms with E-state index in [9.17, 15) is 4.39 Å². The lowest BCUT2D eigenvalue weighted by Crippen LogP contribution is -2.34. The van der Waals surface area contributed by atoms with Gasteiger partial charge in [0.1, 0.15) is 11.5 Å². The van der Waals surface area contributed by atoms with Gasteiger partial charge < -0.3 is 10.3 Å². The van der Waals surface area contributed by atoms with Crippen molar-refractivity contribution >= 4 is 0 Å². The van der Waals surface area contributed by atoms with E-state index in [4.69, 9.17) is 10.3 Å². The molecular formula is C12H13FN4O. The van der Waals surface area contributed by atoms with Crippen molar-refractivity contribution in [3.8, 4) is 11.6 Å². The zero-order valence-electron chi connectivity index (χ0n) is 9.77. The second kappa shape index (κ2) is 4.13. The van der Waals surface area contributed by atoms with Gasteiger partial charge in [-0.1, -0.05) is 18.0 Å². The summed E-state index contributed by atoms with van der Waals surface area (Å²) in [5, 5.41) is 3.92. The minimum absolute atomic E-state index is 0.279. The fourth-order valence-corrected chi connectivity index (χ4v) is 2.26. The van der Waals surface area contributed by atoms with E-state index in [0.29, 0.717) is 11.5 Å². The Hall–Kier alpha value is -1.82. The molecule has 2 aromatic heterocycles. The molecule has 0 saturated heterocycles. The molecule has 0 aromatic carbocycles. The summed E-state index contributed by atoms with van der Waals surface area (Å²) in [5.41, 5.74) is 6.20. The first-order valence-corrected chi connectivity index (χ1v) is 5.92. The number of halogens is 1. The van der Waals surface area contributed by atoms with Crippen LogP contribution in [-0.2, 0) is 5.54 Å². The van der Waals surface area contributed by atoms with E-state index in [-0.39, 0.29) is 5.89 Å². The Balaban J connectivity index is 1.91. The van der Waals surface area contributed by atoms with Crippen molar-refractivity contribution in [2.75, 3.05) is 0 Å². The lowest BCUT2D eigenvalue weighted by atomic mass is 9.99. The minimum atomic E-state index is -0.484. The SMILES string of the molecule is NC1(c2noc(-c3ccc(F)cn3)n2)CCCC1. The molecule has 6 heteroatoms. The minimum Gasteiger partial charge on any atom is -0.332 e. The molecule has 0 spiro atoms. The van der Waals surface area contributed by atoms with E-state index >= 15 is 0 Å². The molecule has 2 heterocycles. The van der Waals surface area contributed by atoms with Crippen LogP contribution in [0.5, 0.6) is 0 Å². The number of nitrogens with zero attached hydrogens (tertiary/aromatic N) is 3. The lowest BCUT2D eigenvalue weighted by Gasteiger charge is -2.17. The standard InChI is InChI=1S/C12H13FN4O/c13-8-3-4-9(15-7-8)10-16-11(17-18-10)12(14)5-1-2-6-12/h3-4,7H,1-2,5-6,14H2. The molecule has 0 amide bonds. The third-order valence-electron chi connectivity index (χ3n) is 3.31. The Labute approximate surface area is 103 Å². The van der Waals surface area contributed by atoms with Crippen LogP contribution >= 0.6 is 0 Å². The summed E-state index contributed by atoms with van der Waals surface area (Å²) in [4.78, 5) is 8.18. The zero-order chi connectivity index (χ0) is 12.6. The van der Waals surface area contributed by atoms with E-state index in [0.717, 1.165) is 31.9 Å². The third kappa shape index (κ3) is 1.88. The maximum absolute atomic E-state index is 12.8. The third-order valence-corrected chi connectivity index (χ3v) is 3.31. The number of pyridine rings is 1. The van der Waals surface area contributed by atoms with Gasteiger partial charge in [-0.05, 0) is 25.0 Å². The van der Waals surface area contributed by atoms with Gasteiger partial charge in [-0.15, -0.1) is 0 Å². The fourth-order valence-electron chi connectivity index (χ4n) is 2.26. The maximum atomic E-state index is 12.8. The summed E-state index contributed by atoms with van der Waals surface area (Å²) >= 11 is 0. The van der Waals surface area contributed by atoms with Crippen molar-refractivity contribution in [1.82, 2.24) is 15.1 Å². The molecule has 1 aliphatic carbocycles. The molecule has 0 radical (unpaired) electrons. The molecule has 94 valence electrons. The first kappa shape index (κ1) is 11.3. The molecule has 18 heavy (non-hydrogen) atoms. The monoisotopic (exact) mass is 248 g/mol. The number of hydrogen-bond acceptors (Lipinski definition) is 5. The van der Waals surface area contributed by atoms with E-state index < -0.39 is 11.4 Å².